The molecule has 0 spiro atoms. The summed E-state index contributed by atoms with van der Waals surface area (Å²) in [6, 6.07) is 9.64. The van der Waals surface area contributed by atoms with Crippen molar-refractivity contribution in [3.05, 3.63) is 30.3 Å². The number of para-hydroxylation sites is 1. The topological polar surface area (TPSA) is 38.0 Å². The van der Waals surface area contributed by atoms with Gasteiger partial charge in [0.05, 0.1) is 0 Å². The van der Waals surface area contributed by atoms with Crippen LogP contribution in [0.25, 0.3) is 0 Å². The molecule has 0 atom stereocenters. The summed E-state index contributed by atoms with van der Waals surface area (Å²) in [5.41, 5.74) is 6.25. The van der Waals surface area contributed by atoms with Crippen LogP contribution in [0, 0.1) is 0 Å². The minimum Gasteiger partial charge on any atom is -0.384 e. The predicted octanol–water partition coefficient (Wildman–Crippen LogP) is 2.36. The van der Waals surface area contributed by atoms with Crippen molar-refractivity contribution in [3.63, 3.8) is 0 Å². The van der Waals surface area contributed by atoms with Gasteiger partial charge in [0.15, 0.2) is 0 Å². The second-order valence-corrected chi connectivity index (χ2v) is 4.62. The van der Waals surface area contributed by atoms with E-state index in [4.69, 9.17) is 30.2 Å². The smallest absolute Gasteiger partial charge is 0.145 e. The van der Waals surface area contributed by atoms with E-state index in [1.54, 1.807) is 0 Å². The van der Waals surface area contributed by atoms with Crippen LogP contribution in [-0.2, 0) is 0 Å². The summed E-state index contributed by atoms with van der Waals surface area (Å²) in [4.78, 5) is 0. The second-order valence-electron chi connectivity index (χ2n) is 2.20. The fourth-order valence-corrected chi connectivity index (χ4v) is 1.90. The molecule has 5 heteroatoms. The monoisotopic (exact) mass is 228 g/mol. The quantitative estimate of drug-likeness (QED) is 0.722. The highest BCUT2D eigenvalue weighted by Crippen LogP contribution is 2.10. The van der Waals surface area contributed by atoms with Crippen molar-refractivity contribution in [1.82, 2.24) is 0 Å². The van der Waals surface area contributed by atoms with Crippen LogP contribution in [-0.4, -0.2) is 8.64 Å². The van der Waals surface area contributed by atoms with Crippen LogP contribution in [0.5, 0.6) is 0 Å². The molecule has 0 bridgehead atoms. The zero-order chi connectivity index (χ0) is 9.68. The van der Waals surface area contributed by atoms with Crippen LogP contribution in [0.3, 0.4) is 0 Å². The summed E-state index contributed by atoms with van der Waals surface area (Å²) in [7, 11) is 0. The molecule has 2 nitrogen and oxygen atoms in total. The number of rotatable bonds is 1. The largest absolute Gasteiger partial charge is 0.384 e. The molecule has 0 saturated heterocycles. The van der Waals surface area contributed by atoms with Crippen molar-refractivity contribution in [2.45, 2.75) is 0 Å². The molecule has 13 heavy (non-hydrogen) atoms. The lowest BCUT2D eigenvalue weighted by Crippen LogP contribution is -2.11. The Balaban J connectivity index is 2.50. The van der Waals surface area contributed by atoms with Crippen molar-refractivity contribution in [2.75, 3.05) is 5.32 Å². The summed E-state index contributed by atoms with van der Waals surface area (Å²) in [5, 5.41) is 3.00. The number of nitrogens with one attached hydrogen (secondary N) is 1. The molecule has 0 fully saturated rings. The molecular formula is C8H8N2S3. The van der Waals surface area contributed by atoms with E-state index >= 15 is 0 Å². The van der Waals surface area contributed by atoms with Crippen molar-refractivity contribution < 1.29 is 0 Å². The van der Waals surface area contributed by atoms with Crippen molar-refractivity contribution in [2.24, 2.45) is 5.73 Å². The molecule has 0 aromatic heterocycles. The molecule has 0 amide bonds. The van der Waals surface area contributed by atoms with Crippen molar-refractivity contribution >= 4 is 50.5 Å². The molecule has 0 aliphatic heterocycles. The Morgan fingerprint density at radius 2 is 1.85 bits per heavy atom. The van der Waals surface area contributed by atoms with Gasteiger partial charge in [-0.3, -0.25) is 0 Å². The van der Waals surface area contributed by atoms with Crippen LogP contribution in [0.15, 0.2) is 30.3 Å². The van der Waals surface area contributed by atoms with Crippen molar-refractivity contribution in [3.8, 4) is 0 Å². The maximum atomic E-state index is 5.31. The van der Waals surface area contributed by atoms with Gasteiger partial charge in [-0.1, -0.05) is 42.6 Å². The first-order valence-electron chi connectivity index (χ1n) is 3.52. The third-order valence-corrected chi connectivity index (χ3v) is 2.30. The lowest BCUT2D eigenvalue weighted by atomic mass is 10.3. The van der Waals surface area contributed by atoms with Gasteiger partial charge in [0.2, 0.25) is 0 Å². The van der Waals surface area contributed by atoms with Gasteiger partial charge in [0.25, 0.3) is 0 Å². The van der Waals surface area contributed by atoms with E-state index in [-0.39, 0.29) is 0 Å². The first-order chi connectivity index (χ1) is 6.18. The molecule has 0 aliphatic carbocycles. The Kier molecular flexibility index (Phi) is 4.14. The van der Waals surface area contributed by atoms with Gasteiger partial charge in [0, 0.05) is 5.69 Å². The van der Waals surface area contributed by atoms with Crippen LogP contribution in [0.1, 0.15) is 0 Å². The minimum absolute atomic E-state index is 0.327. The zero-order valence-electron chi connectivity index (χ0n) is 6.69. The number of hydrogen-bond acceptors (Lipinski definition) is 3. The fraction of sp³-hybridized carbons (Fsp3) is 0. The lowest BCUT2D eigenvalue weighted by molar-refractivity contribution is 1.66. The normalized spacial score (nSPS) is 9.23. The summed E-state index contributed by atoms with van der Waals surface area (Å²) in [6.07, 6.45) is 0. The molecular weight excluding hydrogens is 220 g/mol. The van der Waals surface area contributed by atoms with Gasteiger partial charge >= 0.3 is 0 Å². The number of hydrogen-bond donors (Lipinski definition) is 2. The van der Waals surface area contributed by atoms with Gasteiger partial charge < -0.3 is 11.1 Å². The molecule has 1 aromatic rings. The molecule has 68 valence electrons. The standard InChI is InChI=1S/C8H8N2S3/c9-7(11)13-8(12)10-6-4-2-1-3-5-6/h1-5H,(H2,9,11)(H,10,12). The van der Waals surface area contributed by atoms with Crippen LogP contribution < -0.4 is 11.1 Å². The lowest BCUT2D eigenvalue weighted by Gasteiger charge is -2.05. The summed E-state index contributed by atoms with van der Waals surface area (Å²) in [5.74, 6) is 0. The van der Waals surface area contributed by atoms with Gasteiger partial charge in [0.1, 0.15) is 8.64 Å². The van der Waals surface area contributed by atoms with E-state index in [9.17, 15) is 0 Å². The van der Waals surface area contributed by atoms with Gasteiger partial charge in [-0.15, -0.1) is 0 Å². The number of thioether (sulfide) groups is 1. The average molecular weight is 228 g/mol. The third-order valence-electron chi connectivity index (χ3n) is 1.21. The first-order valence-corrected chi connectivity index (χ1v) is 5.15. The number of benzene rings is 1. The Bertz CT molecular complexity index is 310. The SMILES string of the molecule is NC(=S)SC(=S)Nc1ccccc1. The summed E-state index contributed by atoms with van der Waals surface area (Å²) in [6.45, 7) is 0. The number of nitrogens with two attached hydrogens (primary N) is 1. The molecule has 0 radical (unpaired) electrons. The van der Waals surface area contributed by atoms with Gasteiger partial charge in [-0.25, -0.2) is 0 Å². The first kappa shape index (κ1) is 10.4. The maximum absolute atomic E-state index is 5.31. The zero-order valence-corrected chi connectivity index (χ0v) is 9.14. The predicted molar refractivity (Wildman–Crippen MR) is 67.0 cm³/mol. The highest BCUT2D eigenvalue weighted by Gasteiger charge is 1.99. The minimum atomic E-state index is 0.327. The van der Waals surface area contributed by atoms with Crippen LogP contribution in [0.4, 0.5) is 5.69 Å². The molecule has 0 aliphatic rings. The average Bonchev–Trinajstić information content (AvgIpc) is 2.04. The van der Waals surface area contributed by atoms with Crippen molar-refractivity contribution in [1.29, 1.82) is 0 Å². The Morgan fingerprint density at radius 3 is 2.38 bits per heavy atom. The third kappa shape index (κ3) is 4.21. The molecule has 0 unspecified atom stereocenters. The summed E-state index contributed by atoms with van der Waals surface area (Å²) < 4.78 is 0.895. The molecule has 0 heterocycles. The molecule has 0 saturated carbocycles. The Morgan fingerprint density at radius 1 is 1.23 bits per heavy atom. The van der Waals surface area contributed by atoms with E-state index < -0.39 is 0 Å². The highest BCUT2D eigenvalue weighted by atomic mass is 32.2. The van der Waals surface area contributed by atoms with Gasteiger partial charge in [-0.05, 0) is 23.9 Å². The molecule has 1 rings (SSSR count). The molecule has 1 aromatic carbocycles. The highest BCUT2D eigenvalue weighted by molar-refractivity contribution is 8.38. The van der Waals surface area contributed by atoms with Gasteiger partial charge in [-0.2, -0.15) is 0 Å². The van der Waals surface area contributed by atoms with E-state index in [1.165, 1.54) is 11.8 Å². The van der Waals surface area contributed by atoms with E-state index in [0.717, 1.165) is 5.69 Å². The summed E-state index contributed by atoms with van der Waals surface area (Å²) >= 11 is 10.9. The van der Waals surface area contributed by atoms with E-state index in [2.05, 4.69) is 5.32 Å². The van der Waals surface area contributed by atoms with Crippen LogP contribution >= 0.6 is 36.2 Å². The van der Waals surface area contributed by atoms with Crippen LogP contribution in [0.2, 0.25) is 0 Å². The van der Waals surface area contributed by atoms with E-state index in [0.29, 0.717) is 8.64 Å². The number of thiocarbonyl (C=S) groups is 2. The Labute approximate surface area is 91.9 Å². The fourth-order valence-electron chi connectivity index (χ4n) is 0.756. The Hall–Kier alpha value is -0.650. The van der Waals surface area contributed by atoms with E-state index in [1.807, 2.05) is 30.3 Å². The maximum Gasteiger partial charge on any atom is 0.145 e. The number of anilines is 1. The second kappa shape index (κ2) is 5.16. The molecule has 3 N–H and O–H groups in total.